The van der Waals surface area contributed by atoms with Gasteiger partial charge in [-0.1, -0.05) is 32.5 Å². The van der Waals surface area contributed by atoms with Crippen LogP contribution in [0.1, 0.15) is 31.1 Å². The topological polar surface area (TPSA) is 76.9 Å². The number of aromatic nitrogens is 3. The molecule has 0 bridgehead atoms. The van der Waals surface area contributed by atoms with E-state index in [1.54, 1.807) is 24.5 Å². The van der Waals surface area contributed by atoms with Crippen LogP contribution in [0.4, 0.5) is 4.39 Å². The number of Topliss-reactive ketones (excluding diaryl/α,β-unsaturated/α-hetero) is 2. The molecule has 0 aliphatic heterocycles. The molecular formula is C21H21FN3O3S+. The van der Waals surface area contributed by atoms with Crippen molar-refractivity contribution in [3.8, 4) is 11.5 Å². The van der Waals surface area contributed by atoms with E-state index in [4.69, 9.17) is 4.42 Å². The predicted octanol–water partition coefficient (Wildman–Crippen LogP) is 3.75. The zero-order valence-electron chi connectivity index (χ0n) is 16.4. The molecule has 0 saturated heterocycles. The van der Waals surface area contributed by atoms with Gasteiger partial charge in [0.05, 0.1) is 16.4 Å². The van der Waals surface area contributed by atoms with Gasteiger partial charge in [-0.15, -0.1) is 0 Å². The first kappa shape index (κ1) is 20.9. The third-order valence-electron chi connectivity index (χ3n) is 4.17. The summed E-state index contributed by atoms with van der Waals surface area (Å²) < 4.78 is 20.4. The average molecular weight is 414 g/mol. The summed E-state index contributed by atoms with van der Waals surface area (Å²) in [6.07, 6.45) is 3.22. The van der Waals surface area contributed by atoms with Crippen LogP contribution in [-0.4, -0.2) is 27.4 Å². The second-order valence-electron chi connectivity index (χ2n) is 7.46. The average Bonchev–Trinajstić information content (AvgIpc) is 3.09. The standard InChI is InChI=1S/C21H21FN3O3S/c1-21(2,3)18(27)13-29-20-24-25(19(28-20)15-8-10-23-11-9-15)12-17(26)14-4-6-16(22)7-5-14/h4-11H,12-13H2,1-3H3/q+1. The van der Waals surface area contributed by atoms with E-state index in [-0.39, 0.29) is 23.9 Å². The van der Waals surface area contributed by atoms with Gasteiger partial charge in [0.1, 0.15) is 11.6 Å². The Hall–Kier alpha value is -2.87. The maximum Gasteiger partial charge on any atom is 0.409 e. The largest absolute Gasteiger partial charge is 0.409 e. The summed E-state index contributed by atoms with van der Waals surface area (Å²) >= 11 is 1.19. The monoisotopic (exact) mass is 414 g/mol. The molecular weight excluding hydrogens is 393 g/mol. The fourth-order valence-corrected chi connectivity index (χ4v) is 3.36. The first-order valence-electron chi connectivity index (χ1n) is 9.00. The Morgan fingerprint density at radius 1 is 1.10 bits per heavy atom. The number of ketones is 2. The summed E-state index contributed by atoms with van der Waals surface area (Å²) in [5.41, 5.74) is 0.621. The van der Waals surface area contributed by atoms with Crippen molar-refractivity contribution in [3.63, 3.8) is 0 Å². The molecule has 0 spiro atoms. The Labute approximate surface area is 172 Å². The molecule has 8 heteroatoms. The summed E-state index contributed by atoms with van der Waals surface area (Å²) in [5.74, 6) is 0.0241. The number of carbonyl (C=O) groups is 2. The Morgan fingerprint density at radius 2 is 1.76 bits per heavy atom. The Bertz CT molecular complexity index is 1010. The summed E-state index contributed by atoms with van der Waals surface area (Å²) in [6.45, 7) is 5.49. The number of carbonyl (C=O) groups excluding carboxylic acids is 2. The van der Waals surface area contributed by atoms with E-state index in [0.717, 1.165) is 0 Å². The van der Waals surface area contributed by atoms with Crippen molar-refractivity contribution >= 4 is 23.3 Å². The smallest absolute Gasteiger partial charge is 0.372 e. The molecule has 0 N–H and O–H groups in total. The van der Waals surface area contributed by atoms with E-state index in [1.807, 2.05) is 20.8 Å². The fourth-order valence-electron chi connectivity index (χ4n) is 2.37. The number of halogens is 1. The number of nitrogens with zero attached hydrogens (tertiary/aromatic N) is 3. The van der Waals surface area contributed by atoms with Gasteiger partial charge in [0, 0.05) is 23.4 Å². The maximum absolute atomic E-state index is 13.1. The second kappa shape index (κ2) is 8.65. The lowest BCUT2D eigenvalue weighted by Gasteiger charge is -2.14. The number of hydrogen-bond acceptors (Lipinski definition) is 6. The van der Waals surface area contributed by atoms with Crippen LogP contribution < -0.4 is 4.68 Å². The summed E-state index contributed by atoms with van der Waals surface area (Å²) in [4.78, 5) is 28.8. The summed E-state index contributed by atoms with van der Waals surface area (Å²) in [7, 11) is 0. The van der Waals surface area contributed by atoms with Gasteiger partial charge >= 0.3 is 11.1 Å². The summed E-state index contributed by atoms with van der Waals surface area (Å²) in [5, 5.41) is 4.66. The van der Waals surface area contributed by atoms with Gasteiger partial charge in [0.15, 0.2) is 0 Å². The normalized spacial score (nSPS) is 11.4. The highest BCUT2D eigenvalue weighted by Gasteiger charge is 2.29. The molecule has 0 unspecified atom stereocenters. The van der Waals surface area contributed by atoms with Crippen LogP contribution in [0.3, 0.4) is 0 Å². The first-order chi connectivity index (χ1) is 13.7. The van der Waals surface area contributed by atoms with Crippen LogP contribution in [0, 0.1) is 11.2 Å². The molecule has 2 heterocycles. The lowest BCUT2D eigenvalue weighted by Crippen LogP contribution is -2.41. The third-order valence-corrected chi connectivity index (χ3v) is 4.99. The van der Waals surface area contributed by atoms with Crippen molar-refractivity contribution in [1.82, 2.24) is 10.1 Å². The molecule has 3 aromatic rings. The third kappa shape index (κ3) is 5.35. The second-order valence-corrected chi connectivity index (χ2v) is 8.39. The van der Waals surface area contributed by atoms with Gasteiger partial charge in [0.2, 0.25) is 12.3 Å². The highest BCUT2D eigenvalue weighted by Crippen LogP contribution is 2.25. The van der Waals surface area contributed by atoms with Crippen molar-refractivity contribution in [2.45, 2.75) is 32.5 Å². The van der Waals surface area contributed by atoms with Gasteiger partial charge in [0.25, 0.3) is 0 Å². The molecule has 2 aromatic heterocycles. The molecule has 6 nitrogen and oxygen atoms in total. The van der Waals surface area contributed by atoms with Crippen molar-refractivity contribution in [1.29, 1.82) is 0 Å². The van der Waals surface area contributed by atoms with Crippen molar-refractivity contribution in [2.75, 3.05) is 5.75 Å². The fraction of sp³-hybridized carbons (Fsp3) is 0.286. The number of thioether (sulfide) groups is 1. The number of benzene rings is 1. The lowest BCUT2D eigenvalue weighted by molar-refractivity contribution is -0.732. The van der Waals surface area contributed by atoms with Crippen LogP contribution in [0.15, 0.2) is 58.4 Å². The highest BCUT2D eigenvalue weighted by molar-refractivity contribution is 7.99. The zero-order chi connectivity index (χ0) is 21.0. The molecule has 29 heavy (non-hydrogen) atoms. The Balaban J connectivity index is 1.86. The first-order valence-corrected chi connectivity index (χ1v) is 9.99. The molecule has 0 saturated carbocycles. The van der Waals surface area contributed by atoms with Gasteiger partial charge < -0.3 is 4.42 Å². The van der Waals surface area contributed by atoms with E-state index in [1.165, 1.54) is 40.7 Å². The van der Waals surface area contributed by atoms with Crippen LogP contribution in [-0.2, 0) is 11.3 Å². The van der Waals surface area contributed by atoms with Gasteiger partial charge in [-0.25, -0.2) is 4.39 Å². The predicted molar refractivity (Wildman–Crippen MR) is 106 cm³/mol. The van der Waals surface area contributed by atoms with Gasteiger partial charge in [-0.3, -0.25) is 14.6 Å². The minimum Gasteiger partial charge on any atom is -0.372 e. The number of pyridine rings is 1. The molecule has 0 amide bonds. The van der Waals surface area contributed by atoms with E-state index in [0.29, 0.717) is 22.2 Å². The van der Waals surface area contributed by atoms with Crippen LogP contribution >= 0.6 is 11.8 Å². The van der Waals surface area contributed by atoms with Crippen molar-refractivity contribution in [3.05, 3.63) is 60.2 Å². The molecule has 0 aliphatic carbocycles. The van der Waals surface area contributed by atoms with Gasteiger partial charge in [-0.2, -0.15) is 0 Å². The number of hydrogen-bond donors (Lipinski definition) is 0. The van der Waals surface area contributed by atoms with Crippen molar-refractivity contribution < 1.29 is 23.1 Å². The lowest BCUT2D eigenvalue weighted by atomic mass is 9.92. The maximum atomic E-state index is 13.1. The Kier molecular flexibility index (Phi) is 6.22. The molecule has 3 rings (SSSR count). The molecule has 0 fully saturated rings. The van der Waals surface area contributed by atoms with Crippen molar-refractivity contribution in [2.24, 2.45) is 5.41 Å². The van der Waals surface area contributed by atoms with E-state index in [2.05, 4.69) is 10.1 Å². The molecule has 0 atom stereocenters. The Morgan fingerprint density at radius 3 is 2.38 bits per heavy atom. The molecule has 0 radical (unpaired) electrons. The van der Waals surface area contributed by atoms with E-state index >= 15 is 0 Å². The SMILES string of the molecule is CC(C)(C)C(=O)CSc1n[n+](CC(=O)c2ccc(F)cc2)c(-c2ccncc2)o1. The van der Waals surface area contributed by atoms with E-state index in [9.17, 15) is 14.0 Å². The molecule has 1 aromatic carbocycles. The summed E-state index contributed by atoms with van der Waals surface area (Å²) in [6, 6.07) is 8.83. The minimum absolute atomic E-state index is 0.0695. The zero-order valence-corrected chi connectivity index (χ0v) is 17.2. The molecule has 150 valence electrons. The van der Waals surface area contributed by atoms with E-state index < -0.39 is 11.2 Å². The van der Waals surface area contributed by atoms with Crippen LogP contribution in [0.2, 0.25) is 0 Å². The number of rotatable bonds is 7. The minimum atomic E-state index is -0.456. The van der Waals surface area contributed by atoms with Gasteiger partial charge in [-0.05, 0) is 41.1 Å². The molecule has 0 aliphatic rings. The van der Waals surface area contributed by atoms with Crippen LogP contribution in [0.5, 0.6) is 0 Å². The van der Waals surface area contributed by atoms with Crippen LogP contribution in [0.25, 0.3) is 11.5 Å². The highest BCUT2D eigenvalue weighted by atomic mass is 32.2. The quantitative estimate of drug-likeness (QED) is 0.333.